The lowest BCUT2D eigenvalue weighted by Gasteiger charge is -2.22. The van der Waals surface area contributed by atoms with Crippen LogP contribution < -0.4 is 11.1 Å². The molecule has 0 saturated heterocycles. The molecule has 1 heterocycles. The molecule has 11 heteroatoms. The number of carbonyl (C=O) groups is 1. The molecule has 43 heavy (non-hydrogen) atoms. The Kier molecular flexibility index (Phi) is 8.61. The van der Waals surface area contributed by atoms with E-state index in [0.717, 1.165) is 30.2 Å². The molecule has 4 aromatic rings. The van der Waals surface area contributed by atoms with E-state index in [1.807, 2.05) is 0 Å². The number of rotatable bonds is 5. The Balaban J connectivity index is 0.000000171. The number of benzene rings is 3. The van der Waals surface area contributed by atoms with Crippen LogP contribution in [0.2, 0.25) is 0 Å². The van der Waals surface area contributed by atoms with Crippen molar-refractivity contribution in [3.05, 3.63) is 100 Å². The van der Waals surface area contributed by atoms with Gasteiger partial charge in [0.25, 0.3) is 0 Å². The lowest BCUT2D eigenvalue weighted by Crippen LogP contribution is -2.17. The van der Waals surface area contributed by atoms with E-state index in [-0.39, 0.29) is 5.69 Å². The first-order valence-corrected chi connectivity index (χ1v) is 13.9. The number of aromatic nitrogens is 2. The van der Waals surface area contributed by atoms with E-state index < -0.39 is 41.0 Å². The molecular formula is C32H29F5N4O2. The fraction of sp³-hybridized carbons (Fsp3) is 0.281. The number of carboxylic acid groups (broad SMARTS) is 1. The molecule has 0 amide bonds. The van der Waals surface area contributed by atoms with Gasteiger partial charge >= 0.3 is 12.1 Å². The van der Waals surface area contributed by atoms with E-state index in [9.17, 15) is 26.7 Å². The predicted molar refractivity (Wildman–Crippen MR) is 153 cm³/mol. The van der Waals surface area contributed by atoms with Crippen molar-refractivity contribution >= 4 is 23.3 Å². The number of alkyl halides is 3. The van der Waals surface area contributed by atoms with Gasteiger partial charge < -0.3 is 16.2 Å². The molecule has 0 radical (unpaired) electrons. The maximum Gasteiger partial charge on any atom is 0.434 e. The quantitative estimate of drug-likeness (QED) is 0.140. The molecule has 0 atom stereocenters. The molecule has 2 aliphatic carbocycles. The second-order valence-electron chi connectivity index (χ2n) is 10.7. The predicted octanol–water partition coefficient (Wildman–Crippen LogP) is 8.18. The van der Waals surface area contributed by atoms with Crippen LogP contribution in [-0.4, -0.2) is 21.0 Å². The highest BCUT2D eigenvalue weighted by Gasteiger charge is 2.38. The van der Waals surface area contributed by atoms with E-state index in [1.54, 1.807) is 0 Å². The van der Waals surface area contributed by atoms with Crippen molar-refractivity contribution in [3.63, 3.8) is 0 Å². The third-order valence-corrected chi connectivity index (χ3v) is 7.82. The van der Waals surface area contributed by atoms with E-state index >= 15 is 0 Å². The number of nitrogens with one attached hydrogen (secondary N) is 1. The number of fused-ring (bicyclic) bond motifs is 3. The van der Waals surface area contributed by atoms with Crippen LogP contribution in [0.25, 0.3) is 11.1 Å². The standard InChI is InChI=1S/C20H23N.C12H6F5N3O2/c21-20-16(12-14-6-2-1-3-7-14)10-11-18-17-9-5-4-8-15(17)13-19(18)20;13-5-1-2-8(7(14)3-5)19-11-18-4-6(10(21)22)9(20-11)12(15,16)17/h4-5,8-11,14H,1-3,6-7,12-13,21H2;1-4H,(H,21,22)(H,18,19,20). The van der Waals surface area contributed by atoms with Gasteiger partial charge in [0.2, 0.25) is 5.95 Å². The number of anilines is 3. The number of hydrogen-bond donors (Lipinski definition) is 3. The first kappa shape index (κ1) is 29.9. The molecule has 224 valence electrons. The van der Waals surface area contributed by atoms with E-state index in [0.29, 0.717) is 12.3 Å². The molecule has 0 unspecified atom stereocenters. The fourth-order valence-corrected chi connectivity index (χ4v) is 5.69. The summed E-state index contributed by atoms with van der Waals surface area (Å²) in [6, 6.07) is 15.6. The molecular weight excluding hydrogens is 567 g/mol. The van der Waals surface area contributed by atoms with Gasteiger partial charge in [0, 0.05) is 24.4 Å². The monoisotopic (exact) mass is 596 g/mol. The van der Waals surface area contributed by atoms with Gasteiger partial charge in [-0.15, -0.1) is 0 Å². The Labute approximate surface area is 244 Å². The number of nitrogens with two attached hydrogens (primary N) is 1. The van der Waals surface area contributed by atoms with Crippen molar-refractivity contribution in [2.75, 3.05) is 11.1 Å². The second kappa shape index (κ2) is 12.4. The lowest BCUT2D eigenvalue weighted by atomic mass is 9.84. The molecule has 0 bridgehead atoms. The van der Waals surface area contributed by atoms with Crippen LogP contribution in [0.3, 0.4) is 0 Å². The van der Waals surface area contributed by atoms with Gasteiger partial charge in [-0.25, -0.2) is 23.5 Å². The van der Waals surface area contributed by atoms with Crippen molar-refractivity contribution in [2.24, 2.45) is 5.92 Å². The van der Waals surface area contributed by atoms with Crippen molar-refractivity contribution in [1.82, 2.24) is 9.97 Å². The molecule has 6 rings (SSSR count). The van der Waals surface area contributed by atoms with Gasteiger partial charge in [-0.2, -0.15) is 13.2 Å². The summed E-state index contributed by atoms with van der Waals surface area (Å²) < 4.78 is 64.4. The average molecular weight is 597 g/mol. The van der Waals surface area contributed by atoms with Crippen LogP contribution in [0.1, 0.15) is 64.8 Å². The molecule has 0 aliphatic heterocycles. The van der Waals surface area contributed by atoms with Crippen LogP contribution in [0.15, 0.2) is 60.8 Å². The molecule has 6 nitrogen and oxygen atoms in total. The van der Waals surface area contributed by atoms with Crippen LogP contribution in [0.4, 0.5) is 39.3 Å². The summed E-state index contributed by atoms with van der Waals surface area (Å²) in [5, 5.41) is 10.8. The second-order valence-corrected chi connectivity index (χ2v) is 10.7. The number of nitrogen functional groups attached to an aromatic ring is 1. The minimum absolute atomic E-state index is 0.363. The highest BCUT2D eigenvalue weighted by atomic mass is 19.4. The van der Waals surface area contributed by atoms with Gasteiger partial charge in [0.05, 0.1) is 5.69 Å². The smallest absolute Gasteiger partial charge is 0.434 e. The molecule has 1 fully saturated rings. The van der Waals surface area contributed by atoms with Gasteiger partial charge in [-0.05, 0) is 52.3 Å². The lowest BCUT2D eigenvalue weighted by molar-refractivity contribution is -0.141. The maximum absolute atomic E-state index is 13.4. The van der Waals surface area contributed by atoms with Crippen molar-refractivity contribution < 1.29 is 31.9 Å². The Hall–Kier alpha value is -4.54. The largest absolute Gasteiger partial charge is 0.478 e. The van der Waals surface area contributed by atoms with Gasteiger partial charge in [0.15, 0.2) is 5.69 Å². The number of hydrogen-bond acceptors (Lipinski definition) is 5. The minimum atomic E-state index is -5.03. The minimum Gasteiger partial charge on any atom is -0.478 e. The Morgan fingerprint density at radius 2 is 1.74 bits per heavy atom. The summed E-state index contributed by atoms with van der Waals surface area (Å²) in [4.78, 5) is 17.1. The molecule has 0 spiro atoms. The Morgan fingerprint density at radius 3 is 2.44 bits per heavy atom. The molecule has 2 aliphatic rings. The van der Waals surface area contributed by atoms with Crippen molar-refractivity contribution in [1.29, 1.82) is 0 Å². The average Bonchev–Trinajstić information content (AvgIpc) is 3.36. The molecule has 4 N–H and O–H groups in total. The van der Waals surface area contributed by atoms with Crippen LogP contribution in [0, 0.1) is 17.6 Å². The number of carboxylic acids is 1. The molecule has 3 aromatic carbocycles. The van der Waals surface area contributed by atoms with Gasteiger partial charge in [0.1, 0.15) is 17.2 Å². The van der Waals surface area contributed by atoms with Crippen LogP contribution >= 0.6 is 0 Å². The van der Waals surface area contributed by atoms with Crippen molar-refractivity contribution in [3.8, 4) is 11.1 Å². The van der Waals surface area contributed by atoms with Crippen LogP contribution in [-0.2, 0) is 19.0 Å². The van der Waals surface area contributed by atoms with E-state index in [1.165, 1.54) is 66.3 Å². The zero-order chi connectivity index (χ0) is 30.7. The number of halogens is 5. The summed E-state index contributed by atoms with van der Waals surface area (Å²) in [5.74, 6) is -3.63. The molecule has 1 aromatic heterocycles. The normalized spacial score (nSPS) is 14.3. The number of aromatic carboxylic acids is 1. The zero-order valence-corrected chi connectivity index (χ0v) is 23.0. The zero-order valence-electron chi connectivity index (χ0n) is 23.0. The Morgan fingerprint density at radius 1 is 1.00 bits per heavy atom. The molecule has 1 saturated carbocycles. The Bertz CT molecular complexity index is 1650. The topological polar surface area (TPSA) is 101 Å². The SMILES string of the molecule is Nc1c(CC2CCCCC2)ccc2c1Cc1ccccc1-2.O=C(O)c1cnc(Nc2ccc(F)cc2F)nc1C(F)(F)F. The van der Waals surface area contributed by atoms with Gasteiger partial charge in [-0.1, -0.05) is 68.5 Å². The number of nitrogens with zero attached hydrogens (tertiary/aromatic N) is 2. The first-order valence-electron chi connectivity index (χ1n) is 13.9. The third kappa shape index (κ3) is 6.76. The summed E-state index contributed by atoms with van der Waals surface area (Å²) in [7, 11) is 0. The van der Waals surface area contributed by atoms with E-state index in [4.69, 9.17) is 10.8 Å². The summed E-state index contributed by atoms with van der Waals surface area (Å²) in [5.41, 5.74) is 11.3. The first-order chi connectivity index (χ1) is 20.5. The fourth-order valence-electron chi connectivity index (χ4n) is 5.69. The van der Waals surface area contributed by atoms with Crippen LogP contribution in [0.5, 0.6) is 0 Å². The van der Waals surface area contributed by atoms with Crippen molar-refractivity contribution in [2.45, 2.75) is 51.1 Å². The highest BCUT2D eigenvalue weighted by molar-refractivity contribution is 5.89. The maximum atomic E-state index is 13.4. The third-order valence-electron chi connectivity index (χ3n) is 7.82. The summed E-state index contributed by atoms with van der Waals surface area (Å²) in [6.45, 7) is 0. The van der Waals surface area contributed by atoms with Gasteiger partial charge in [-0.3, -0.25) is 0 Å². The summed E-state index contributed by atoms with van der Waals surface area (Å²) >= 11 is 0. The highest BCUT2D eigenvalue weighted by Crippen LogP contribution is 2.41. The van der Waals surface area contributed by atoms with E-state index in [2.05, 4.69) is 51.7 Å². The summed E-state index contributed by atoms with van der Waals surface area (Å²) in [6.07, 6.45) is 4.60.